The molecule has 1 atom stereocenters. The molecular formula is C10H12F3O5PS. The van der Waals surface area contributed by atoms with Crippen LogP contribution < -0.4 is 5.30 Å². The van der Waals surface area contributed by atoms with E-state index >= 15 is 0 Å². The molecular weight excluding hydrogens is 320 g/mol. The topological polar surface area (TPSA) is 69.7 Å². The molecule has 0 saturated carbocycles. The highest BCUT2D eigenvalue weighted by molar-refractivity contribution is 7.86. The van der Waals surface area contributed by atoms with Gasteiger partial charge in [0.25, 0.3) is 10.1 Å². The van der Waals surface area contributed by atoms with E-state index < -0.39 is 35.8 Å². The molecule has 0 heterocycles. The molecule has 1 unspecified atom stereocenters. The molecule has 0 fully saturated rings. The summed E-state index contributed by atoms with van der Waals surface area (Å²) in [6, 6.07) is 4.45. The second-order valence-electron chi connectivity index (χ2n) is 3.58. The number of hydrogen-bond acceptors (Lipinski definition) is 5. The lowest BCUT2D eigenvalue weighted by atomic mass is 10.4. The largest absolute Gasteiger partial charge is 0.413 e. The van der Waals surface area contributed by atoms with Crippen molar-refractivity contribution in [3.8, 4) is 0 Å². The van der Waals surface area contributed by atoms with Crippen LogP contribution in [0.5, 0.6) is 0 Å². The summed E-state index contributed by atoms with van der Waals surface area (Å²) in [6.07, 6.45) is -4.74. The van der Waals surface area contributed by atoms with E-state index in [1.54, 1.807) is 6.92 Å². The van der Waals surface area contributed by atoms with Crippen molar-refractivity contribution in [3.05, 3.63) is 24.3 Å². The Bertz CT molecular complexity index is 568. The zero-order valence-corrected chi connectivity index (χ0v) is 12.1. The van der Waals surface area contributed by atoms with E-state index in [4.69, 9.17) is 4.52 Å². The normalized spacial score (nSPS) is 14.2. The Morgan fingerprint density at radius 2 is 1.75 bits per heavy atom. The fraction of sp³-hybridized carbons (Fsp3) is 0.400. The van der Waals surface area contributed by atoms with Crippen LogP contribution in [0.4, 0.5) is 13.2 Å². The van der Waals surface area contributed by atoms with Crippen LogP contribution in [-0.4, -0.2) is 27.8 Å². The van der Waals surface area contributed by atoms with E-state index in [0.717, 1.165) is 12.1 Å². The first-order chi connectivity index (χ1) is 9.15. The van der Waals surface area contributed by atoms with Gasteiger partial charge in [-0.1, -0.05) is 0 Å². The third-order valence-corrected chi connectivity index (χ3v) is 4.67. The number of hydrogen-bond donors (Lipinski definition) is 0. The van der Waals surface area contributed by atoms with E-state index in [-0.39, 0.29) is 11.9 Å². The summed E-state index contributed by atoms with van der Waals surface area (Å²) in [4.78, 5) is -0.447. The van der Waals surface area contributed by atoms with Gasteiger partial charge in [-0.3, -0.25) is 8.75 Å². The Morgan fingerprint density at radius 3 is 2.20 bits per heavy atom. The van der Waals surface area contributed by atoms with Crippen LogP contribution in [0.25, 0.3) is 0 Å². The molecule has 0 spiro atoms. The van der Waals surface area contributed by atoms with Crippen LogP contribution >= 0.6 is 8.03 Å². The van der Waals surface area contributed by atoms with Gasteiger partial charge in [0.1, 0.15) is 0 Å². The fourth-order valence-electron chi connectivity index (χ4n) is 1.18. The molecule has 0 radical (unpaired) electrons. The van der Waals surface area contributed by atoms with Gasteiger partial charge in [-0.05, 0) is 31.2 Å². The number of alkyl halides is 3. The van der Waals surface area contributed by atoms with E-state index in [1.165, 1.54) is 12.1 Å². The van der Waals surface area contributed by atoms with Crippen molar-refractivity contribution in [1.29, 1.82) is 0 Å². The molecule has 20 heavy (non-hydrogen) atoms. The van der Waals surface area contributed by atoms with Gasteiger partial charge in [-0.25, -0.2) is 0 Å². The van der Waals surface area contributed by atoms with Gasteiger partial charge in [0.05, 0.1) is 11.5 Å². The molecule has 10 heteroatoms. The van der Waals surface area contributed by atoms with E-state index in [9.17, 15) is 26.2 Å². The number of benzene rings is 1. The van der Waals surface area contributed by atoms with Crippen LogP contribution in [0, 0.1) is 0 Å². The minimum Gasteiger partial charge on any atom is -0.328 e. The first-order valence-electron chi connectivity index (χ1n) is 5.39. The molecule has 1 rings (SSSR count). The van der Waals surface area contributed by atoms with Crippen LogP contribution in [0.2, 0.25) is 0 Å². The average Bonchev–Trinajstić information content (AvgIpc) is 2.36. The number of halogens is 3. The lowest BCUT2D eigenvalue weighted by Gasteiger charge is -2.08. The molecule has 0 saturated heterocycles. The van der Waals surface area contributed by atoms with Gasteiger partial charge in [0, 0.05) is 5.30 Å². The molecule has 0 amide bonds. The monoisotopic (exact) mass is 332 g/mol. The SMILES string of the molecule is CCO[PH](=O)c1ccc(S(=O)(=O)OCC(F)(F)F)cc1. The summed E-state index contributed by atoms with van der Waals surface area (Å²) < 4.78 is 78.9. The third kappa shape index (κ3) is 5.24. The Morgan fingerprint density at radius 1 is 1.20 bits per heavy atom. The molecule has 0 N–H and O–H groups in total. The molecule has 1 aromatic carbocycles. The van der Waals surface area contributed by atoms with Crippen molar-refractivity contribution in [1.82, 2.24) is 0 Å². The second kappa shape index (κ2) is 6.71. The maximum absolute atomic E-state index is 11.9. The van der Waals surface area contributed by atoms with Crippen molar-refractivity contribution in [3.63, 3.8) is 0 Å². The van der Waals surface area contributed by atoms with Gasteiger partial charge < -0.3 is 4.52 Å². The summed E-state index contributed by atoms with van der Waals surface area (Å²) in [5.74, 6) is 0. The van der Waals surface area contributed by atoms with E-state index in [2.05, 4.69) is 4.18 Å². The molecule has 114 valence electrons. The summed E-state index contributed by atoms with van der Waals surface area (Å²) in [6.45, 7) is -0.0223. The molecule has 0 aliphatic carbocycles. The molecule has 0 aliphatic rings. The smallest absolute Gasteiger partial charge is 0.328 e. The maximum Gasteiger partial charge on any atom is 0.413 e. The predicted octanol–water partition coefficient (Wildman–Crippen LogP) is 2.09. The van der Waals surface area contributed by atoms with Gasteiger partial charge in [-0.15, -0.1) is 0 Å². The molecule has 0 aromatic heterocycles. The minimum absolute atomic E-state index is 0.229. The second-order valence-corrected chi connectivity index (χ2v) is 6.63. The van der Waals surface area contributed by atoms with Crippen molar-refractivity contribution in [2.45, 2.75) is 18.0 Å². The number of rotatable bonds is 6. The van der Waals surface area contributed by atoms with Crippen LogP contribution in [0.3, 0.4) is 0 Å². The zero-order valence-electron chi connectivity index (χ0n) is 10.3. The zero-order chi connectivity index (χ0) is 15.4. The Hall–Kier alpha value is -0.890. The lowest BCUT2D eigenvalue weighted by Crippen LogP contribution is -2.20. The fourth-order valence-corrected chi connectivity index (χ4v) is 2.95. The van der Waals surface area contributed by atoms with Gasteiger partial charge in [0.2, 0.25) is 8.03 Å². The van der Waals surface area contributed by atoms with Crippen LogP contribution in [0.15, 0.2) is 29.2 Å². The molecule has 0 aliphatic heterocycles. The third-order valence-electron chi connectivity index (χ3n) is 2.03. The Kier molecular flexibility index (Phi) is 5.76. The predicted molar refractivity (Wildman–Crippen MR) is 65.9 cm³/mol. The minimum atomic E-state index is -4.74. The molecule has 5 nitrogen and oxygen atoms in total. The average molecular weight is 332 g/mol. The standard InChI is InChI=1S/C10H12F3O5PS/c1-2-17-19(14)8-3-5-9(6-4-8)20(15,16)18-7-10(11,12)13/h3-6,19H,2,7H2,1H3. The van der Waals surface area contributed by atoms with E-state index in [1.807, 2.05) is 0 Å². The quantitative estimate of drug-likeness (QED) is 0.589. The van der Waals surface area contributed by atoms with Gasteiger partial charge in [-0.2, -0.15) is 21.6 Å². The van der Waals surface area contributed by atoms with Gasteiger partial charge in [0.15, 0.2) is 6.61 Å². The molecule has 0 bridgehead atoms. The summed E-state index contributed by atoms with van der Waals surface area (Å²) in [7, 11) is -6.98. The maximum atomic E-state index is 11.9. The Labute approximate surface area is 114 Å². The van der Waals surface area contributed by atoms with Crippen molar-refractivity contribution in [2.24, 2.45) is 0 Å². The van der Waals surface area contributed by atoms with Crippen molar-refractivity contribution in [2.75, 3.05) is 13.2 Å². The highest BCUT2D eigenvalue weighted by Crippen LogP contribution is 2.23. The van der Waals surface area contributed by atoms with Crippen molar-refractivity contribution < 1.29 is 34.9 Å². The van der Waals surface area contributed by atoms with Crippen LogP contribution in [0.1, 0.15) is 6.92 Å². The molecule has 1 aromatic rings. The highest BCUT2D eigenvalue weighted by Gasteiger charge is 2.31. The lowest BCUT2D eigenvalue weighted by molar-refractivity contribution is -0.152. The summed E-state index contributed by atoms with van der Waals surface area (Å²) in [5.41, 5.74) is 0. The summed E-state index contributed by atoms with van der Waals surface area (Å²) in [5, 5.41) is 0.270. The van der Waals surface area contributed by atoms with E-state index in [0.29, 0.717) is 0 Å². The van der Waals surface area contributed by atoms with Crippen molar-refractivity contribution >= 4 is 23.5 Å². The van der Waals surface area contributed by atoms with Gasteiger partial charge >= 0.3 is 6.18 Å². The first kappa shape index (κ1) is 17.2. The Balaban J connectivity index is 2.84. The first-order valence-corrected chi connectivity index (χ1v) is 8.11. The van der Waals surface area contributed by atoms with Crippen LogP contribution in [-0.2, 0) is 23.4 Å². The highest BCUT2D eigenvalue weighted by atomic mass is 32.2. The summed E-state index contributed by atoms with van der Waals surface area (Å²) >= 11 is 0.